The average molecular weight is 428 g/mol. The number of aliphatic imine (C=N–C) groups is 1. The van der Waals surface area contributed by atoms with Crippen LogP contribution in [0.15, 0.2) is 23.2 Å². The quantitative estimate of drug-likeness (QED) is 0.367. The van der Waals surface area contributed by atoms with Gasteiger partial charge in [-0.15, -0.1) is 0 Å². The van der Waals surface area contributed by atoms with Gasteiger partial charge in [0.2, 0.25) is 0 Å². The number of nitrogens with one attached hydrogen (secondary N) is 2. The van der Waals surface area contributed by atoms with Crippen molar-refractivity contribution >= 4 is 5.96 Å². The molecule has 1 saturated carbocycles. The van der Waals surface area contributed by atoms with Crippen LogP contribution in [0.2, 0.25) is 0 Å². The molecule has 6 nitrogen and oxygen atoms in total. The van der Waals surface area contributed by atoms with Gasteiger partial charge in [0, 0.05) is 19.7 Å². The fourth-order valence-electron chi connectivity index (χ4n) is 3.95. The molecular formula is C22H35F2N3O3. The summed E-state index contributed by atoms with van der Waals surface area (Å²) in [6.45, 7) is 3.31. The number of alkyl halides is 2. The molecule has 2 rings (SSSR count). The number of guanidine groups is 1. The maximum Gasteiger partial charge on any atom is 0.387 e. The molecule has 0 unspecified atom stereocenters. The van der Waals surface area contributed by atoms with E-state index < -0.39 is 6.61 Å². The van der Waals surface area contributed by atoms with Crippen molar-refractivity contribution in [2.75, 3.05) is 26.3 Å². The Bertz CT molecular complexity index is 660. The van der Waals surface area contributed by atoms with Crippen molar-refractivity contribution in [1.82, 2.24) is 10.6 Å². The number of aliphatic hydroxyl groups excluding tert-OH is 1. The zero-order valence-electron chi connectivity index (χ0n) is 18.1. The summed E-state index contributed by atoms with van der Waals surface area (Å²) in [6, 6.07) is 4.88. The van der Waals surface area contributed by atoms with Crippen LogP contribution in [-0.4, -0.2) is 44.0 Å². The summed E-state index contributed by atoms with van der Waals surface area (Å²) in [6.07, 6.45) is 6.68. The van der Waals surface area contributed by atoms with E-state index in [1.165, 1.54) is 25.3 Å². The van der Waals surface area contributed by atoms with E-state index in [1.54, 1.807) is 19.1 Å². The third kappa shape index (κ3) is 7.63. The second-order valence-electron chi connectivity index (χ2n) is 7.68. The van der Waals surface area contributed by atoms with E-state index in [9.17, 15) is 13.9 Å². The molecule has 0 saturated heterocycles. The lowest BCUT2D eigenvalue weighted by molar-refractivity contribution is -0.0514. The molecule has 0 spiro atoms. The summed E-state index contributed by atoms with van der Waals surface area (Å²) in [5, 5.41) is 16.2. The van der Waals surface area contributed by atoms with Crippen LogP contribution in [0.3, 0.4) is 0 Å². The topological polar surface area (TPSA) is 75.1 Å². The normalized spacial score (nSPS) is 16.4. The van der Waals surface area contributed by atoms with Crippen molar-refractivity contribution < 1.29 is 23.4 Å². The Kier molecular flexibility index (Phi) is 10.1. The first-order chi connectivity index (χ1) is 14.5. The van der Waals surface area contributed by atoms with Gasteiger partial charge in [-0.1, -0.05) is 25.3 Å². The largest absolute Gasteiger partial charge is 0.490 e. The lowest BCUT2D eigenvalue weighted by atomic mass is 9.72. The first-order valence-corrected chi connectivity index (χ1v) is 10.9. The van der Waals surface area contributed by atoms with Gasteiger partial charge in [0.1, 0.15) is 0 Å². The predicted octanol–water partition coefficient (Wildman–Crippen LogP) is 4.07. The minimum Gasteiger partial charge on any atom is -0.490 e. The molecule has 170 valence electrons. The first kappa shape index (κ1) is 24.2. The molecule has 3 N–H and O–H groups in total. The molecule has 0 radical (unpaired) electrons. The van der Waals surface area contributed by atoms with E-state index in [0.29, 0.717) is 19.1 Å². The molecule has 1 aromatic rings. The van der Waals surface area contributed by atoms with Crippen molar-refractivity contribution in [1.29, 1.82) is 0 Å². The highest BCUT2D eigenvalue weighted by Crippen LogP contribution is 2.38. The monoisotopic (exact) mass is 427 g/mol. The Morgan fingerprint density at radius 2 is 1.93 bits per heavy atom. The first-order valence-electron chi connectivity index (χ1n) is 10.9. The molecule has 1 fully saturated rings. The average Bonchev–Trinajstić information content (AvgIpc) is 2.72. The Labute approximate surface area is 178 Å². The molecule has 1 aromatic carbocycles. The zero-order chi connectivity index (χ0) is 21.8. The van der Waals surface area contributed by atoms with Crippen LogP contribution < -0.4 is 20.1 Å². The summed E-state index contributed by atoms with van der Waals surface area (Å²) in [5.41, 5.74) is 0.944. The summed E-state index contributed by atoms with van der Waals surface area (Å²) in [4.78, 5) is 4.64. The Balaban J connectivity index is 2.06. The molecule has 0 aliphatic heterocycles. The van der Waals surface area contributed by atoms with Gasteiger partial charge in [-0.3, -0.25) is 0 Å². The van der Waals surface area contributed by atoms with Crippen molar-refractivity contribution in [3.63, 3.8) is 0 Å². The Morgan fingerprint density at radius 3 is 2.57 bits per heavy atom. The third-order valence-electron chi connectivity index (χ3n) is 5.48. The number of ether oxygens (including phenoxy) is 2. The van der Waals surface area contributed by atoms with E-state index in [1.807, 2.05) is 6.92 Å². The Morgan fingerprint density at radius 1 is 1.17 bits per heavy atom. The highest BCUT2D eigenvalue weighted by Gasteiger charge is 2.31. The van der Waals surface area contributed by atoms with Crippen LogP contribution >= 0.6 is 0 Å². The maximum atomic E-state index is 12.6. The maximum absolute atomic E-state index is 12.6. The highest BCUT2D eigenvalue weighted by atomic mass is 19.3. The van der Waals surface area contributed by atoms with Gasteiger partial charge in [0.05, 0.1) is 13.2 Å². The standard InChI is InChI=1S/C22H35F2N3O3/c1-3-25-21(27-16-22(12-13-28)10-6-5-7-11-22)26-15-17-8-9-18(30-20(23)24)19(14-17)29-4-2/h8-9,14,20,28H,3-7,10-13,15-16H2,1-2H3,(H2,25,26,27). The molecule has 0 heterocycles. The lowest BCUT2D eigenvalue weighted by Gasteiger charge is -2.37. The van der Waals surface area contributed by atoms with Crippen molar-refractivity contribution in [2.24, 2.45) is 10.4 Å². The molecule has 0 aromatic heterocycles. The van der Waals surface area contributed by atoms with Crippen molar-refractivity contribution in [3.05, 3.63) is 23.8 Å². The third-order valence-corrected chi connectivity index (χ3v) is 5.48. The van der Waals surface area contributed by atoms with E-state index in [-0.39, 0.29) is 23.5 Å². The summed E-state index contributed by atoms with van der Waals surface area (Å²) in [5.74, 6) is 1.01. The fraction of sp³-hybridized carbons (Fsp3) is 0.682. The van der Waals surface area contributed by atoms with Gasteiger partial charge in [-0.05, 0) is 56.2 Å². The van der Waals surface area contributed by atoms with Crippen molar-refractivity contribution in [3.8, 4) is 11.5 Å². The van der Waals surface area contributed by atoms with Crippen LogP contribution in [-0.2, 0) is 6.54 Å². The highest BCUT2D eigenvalue weighted by molar-refractivity contribution is 5.79. The Hall–Kier alpha value is -2.09. The smallest absolute Gasteiger partial charge is 0.387 e. The van der Waals surface area contributed by atoms with Gasteiger partial charge >= 0.3 is 6.61 Å². The number of benzene rings is 1. The number of nitrogens with zero attached hydrogens (tertiary/aromatic N) is 1. The summed E-state index contributed by atoms with van der Waals surface area (Å²) < 4.78 is 35.1. The minimum atomic E-state index is -2.90. The van der Waals surface area contributed by atoms with Gasteiger partial charge in [-0.2, -0.15) is 8.78 Å². The molecule has 1 aliphatic rings. The molecule has 0 bridgehead atoms. The van der Waals surface area contributed by atoms with Gasteiger partial charge in [0.15, 0.2) is 17.5 Å². The molecular weight excluding hydrogens is 392 g/mol. The van der Waals surface area contributed by atoms with Gasteiger partial charge < -0.3 is 25.2 Å². The number of hydrogen-bond acceptors (Lipinski definition) is 4. The lowest BCUT2D eigenvalue weighted by Crippen LogP contribution is -2.44. The zero-order valence-corrected chi connectivity index (χ0v) is 18.1. The van der Waals surface area contributed by atoms with E-state index >= 15 is 0 Å². The second-order valence-corrected chi connectivity index (χ2v) is 7.68. The van der Waals surface area contributed by atoms with Gasteiger partial charge in [0.25, 0.3) is 0 Å². The van der Waals surface area contributed by atoms with Crippen molar-refractivity contribution in [2.45, 2.75) is 65.5 Å². The SMILES string of the molecule is CCNC(=NCc1ccc(OC(F)F)c(OCC)c1)NCC1(CCO)CCCCC1. The molecule has 8 heteroatoms. The van der Waals surface area contributed by atoms with Crippen LogP contribution in [0.1, 0.15) is 57.9 Å². The van der Waals surface area contributed by atoms with Crippen LogP contribution in [0, 0.1) is 5.41 Å². The van der Waals surface area contributed by atoms with E-state index in [2.05, 4.69) is 20.4 Å². The number of hydrogen-bond donors (Lipinski definition) is 3. The molecule has 0 atom stereocenters. The number of halogens is 2. The van der Waals surface area contributed by atoms with Crippen LogP contribution in [0.4, 0.5) is 8.78 Å². The summed E-state index contributed by atoms with van der Waals surface area (Å²) in [7, 11) is 0. The van der Waals surface area contributed by atoms with Gasteiger partial charge in [-0.25, -0.2) is 4.99 Å². The molecule has 0 amide bonds. The van der Waals surface area contributed by atoms with E-state index in [4.69, 9.17) is 4.74 Å². The predicted molar refractivity (Wildman–Crippen MR) is 114 cm³/mol. The number of aliphatic hydroxyl groups is 1. The van der Waals surface area contributed by atoms with Crippen LogP contribution in [0.25, 0.3) is 0 Å². The second kappa shape index (κ2) is 12.6. The fourth-order valence-corrected chi connectivity index (χ4v) is 3.95. The van der Waals surface area contributed by atoms with Crippen LogP contribution in [0.5, 0.6) is 11.5 Å². The van der Waals surface area contributed by atoms with E-state index in [0.717, 1.165) is 37.9 Å². The minimum absolute atomic E-state index is 0.0212. The number of rotatable bonds is 11. The molecule has 1 aliphatic carbocycles. The molecule has 30 heavy (non-hydrogen) atoms. The summed E-state index contributed by atoms with van der Waals surface area (Å²) >= 11 is 0.